The largest absolute Gasteiger partial charge is 0.497 e. The van der Waals surface area contributed by atoms with Gasteiger partial charge in [0.1, 0.15) is 11.5 Å². The highest BCUT2D eigenvalue weighted by Gasteiger charge is 2.30. The Balaban J connectivity index is 0.000000276. The van der Waals surface area contributed by atoms with Crippen LogP contribution in [0.5, 0.6) is 5.75 Å². The first-order chi connectivity index (χ1) is 18.3. The maximum Gasteiger partial charge on any atom is 0.243 e. The Morgan fingerprint density at radius 1 is 1.05 bits per heavy atom. The number of likely N-dealkylation sites (tertiary alicyclic amines) is 2. The molecule has 1 unspecified atom stereocenters. The number of ketones is 1. The van der Waals surface area contributed by atoms with Crippen molar-refractivity contribution >= 4 is 21.7 Å². The number of methoxy groups -OCH3 is 1. The van der Waals surface area contributed by atoms with Crippen LogP contribution in [0.25, 0.3) is 0 Å². The van der Waals surface area contributed by atoms with E-state index in [9.17, 15) is 18.0 Å². The summed E-state index contributed by atoms with van der Waals surface area (Å²) in [5.74, 6) is 1.44. The van der Waals surface area contributed by atoms with Crippen LogP contribution < -0.4 is 4.74 Å². The number of Topliss-reactive ketones (excluding diaryl/α,β-unsaturated/α-hetero) is 1. The smallest absolute Gasteiger partial charge is 0.243 e. The highest BCUT2D eigenvalue weighted by molar-refractivity contribution is 7.89. The first-order valence-electron chi connectivity index (χ1n) is 14.1. The molecule has 222 valence electrons. The number of nitrogens with zero attached hydrogens (tertiary/aromatic N) is 4. The van der Waals surface area contributed by atoms with E-state index in [1.54, 1.807) is 32.9 Å². The number of ether oxygens (including phenoxy) is 1. The maximum atomic E-state index is 12.6. The second-order valence-electron chi connectivity index (χ2n) is 11.2. The predicted octanol–water partition coefficient (Wildman–Crippen LogP) is 3.18. The summed E-state index contributed by atoms with van der Waals surface area (Å²) in [4.78, 5) is 30.1. The van der Waals surface area contributed by atoms with E-state index in [1.807, 2.05) is 18.9 Å². The van der Waals surface area contributed by atoms with Crippen LogP contribution in [-0.2, 0) is 19.6 Å². The summed E-state index contributed by atoms with van der Waals surface area (Å²) < 4.78 is 31.5. The molecule has 2 fully saturated rings. The standard InChI is InChI=1S/C15H23NO4S.C14H27N3O/c1-6-7-13(17)10-16(4)21(18,19)15-11(2)8-14(20-5)9-12(15)3;1-12(18)16(3)10-13-4-8-17(9-5-13)14-6-7-15(2)11-14/h8-9H,6-7,10H2,1-5H3;13-14H,4-11H2,1-3H3. The van der Waals surface area contributed by atoms with Crippen molar-refractivity contribution < 1.29 is 22.7 Å². The van der Waals surface area contributed by atoms with Gasteiger partial charge in [0.25, 0.3) is 0 Å². The average Bonchev–Trinajstić information content (AvgIpc) is 3.30. The molecule has 0 spiro atoms. The van der Waals surface area contributed by atoms with Crippen LogP contribution in [-0.4, -0.2) is 113 Å². The summed E-state index contributed by atoms with van der Waals surface area (Å²) in [6.07, 6.45) is 4.93. The molecule has 10 heteroatoms. The fraction of sp³-hybridized carbons (Fsp3) is 0.724. The normalized spacial score (nSPS) is 19.1. The van der Waals surface area contributed by atoms with Crippen molar-refractivity contribution in [3.05, 3.63) is 23.3 Å². The number of rotatable bonds is 10. The molecular weight excluding hydrogens is 516 g/mol. The number of sulfonamides is 1. The topological polar surface area (TPSA) is 90.5 Å². The van der Waals surface area contributed by atoms with Gasteiger partial charge in [0, 0.05) is 46.6 Å². The Morgan fingerprint density at radius 3 is 2.10 bits per heavy atom. The van der Waals surface area contributed by atoms with Crippen molar-refractivity contribution in [2.45, 2.75) is 70.7 Å². The molecule has 0 bridgehead atoms. The quantitative estimate of drug-likeness (QED) is 0.430. The summed E-state index contributed by atoms with van der Waals surface area (Å²) in [5.41, 5.74) is 1.23. The zero-order chi connectivity index (χ0) is 29.3. The number of amides is 1. The molecule has 2 aliphatic rings. The molecule has 1 atom stereocenters. The number of carbonyl (C=O) groups excluding carboxylic acids is 2. The first kappa shape index (κ1) is 33.2. The fourth-order valence-corrected chi connectivity index (χ4v) is 7.07. The second-order valence-corrected chi connectivity index (χ2v) is 13.2. The molecule has 1 amide bonds. The van der Waals surface area contributed by atoms with Crippen LogP contribution in [0, 0.1) is 19.8 Å². The molecular formula is C29H50N4O5S. The van der Waals surface area contributed by atoms with Gasteiger partial charge < -0.3 is 14.5 Å². The van der Waals surface area contributed by atoms with Gasteiger partial charge in [0.2, 0.25) is 15.9 Å². The van der Waals surface area contributed by atoms with Crippen LogP contribution in [0.4, 0.5) is 0 Å². The minimum absolute atomic E-state index is 0.0765. The Hall–Kier alpha value is -2.01. The number of likely N-dealkylation sites (N-methyl/N-ethyl adjacent to an activating group) is 2. The Kier molecular flexibility index (Phi) is 12.9. The molecule has 0 aliphatic carbocycles. The van der Waals surface area contributed by atoms with Gasteiger partial charge >= 0.3 is 0 Å². The summed E-state index contributed by atoms with van der Waals surface area (Å²) >= 11 is 0. The zero-order valence-corrected chi connectivity index (χ0v) is 26.1. The Morgan fingerprint density at radius 2 is 1.64 bits per heavy atom. The molecule has 2 heterocycles. The molecule has 9 nitrogen and oxygen atoms in total. The number of hydrogen-bond acceptors (Lipinski definition) is 7. The molecule has 39 heavy (non-hydrogen) atoms. The van der Waals surface area contributed by atoms with Crippen LogP contribution >= 0.6 is 0 Å². The van der Waals surface area contributed by atoms with Crippen LogP contribution in [0.1, 0.15) is 57.1 Å². The summed E-state index contributed by atoms with van der Waals surface area (Å²) in [6.45, 7) is 12.8. The molecule has 2 saturated heterocycles. The van der Waals surface area contributed by atoms with Gasteiger partial charge in [-0.15, -0.1) is 0 Å². The Bertz CT molecular complexity index is 1050. The van der Waals surface area contributed by atoms with E-state index < -0.39 is 10.0 Å². The van der Waals surface area contributed by atoms with E-state index in [1.165, 1.54) is 59.6 Å². The molecule has 1 aromatic carbocycles. The van der Waals surface area contributed by atoms with Gasteiger partial charge in [-0.05, 0) is 95.4 Å². The van der Waals surface area contributed by atoms with Crippen LogP contribution in [0.3, 0.4) is 0 Å². The van der Waals surface area contributed by atoms with Crippen molar-refractivity contribution in [2.75, 3.05) is 67.5 Å². The molecule has 3 rings (SSSR count). The van der Waals surface area contributed by atoms with Gasteiger partial charge in [-0.2, -0.15) is 4.31 Å². The highest BCUT2D eigenvalue weighted by Crippen LogP contribution is 2.28. The lowest BCUT2D eigenvalue weighted by atomic mass is 9.95. The predicted molar refractivity (Wildman–Crippen MR) is 156 cm³/mol. The highest BCUT2D eigenvalue weighted by atomic mass is 32.2. The molecule has 0 saturated carbocycles. The maximum absolute atomic E-state index is 12.6. The van der Waals surface area contributed by atoms with E-state index >= 15 is 0 Å². The molecule has 2 aliphatic heterocycles. The summed E-state index contributed by atoms with van der Waals surface area (Å²) in [6, 6.07) is 4.14. The third-order valence-corrected chi connectivity index (χ3v) is 9.98. The van der Waals surface area contributed by atoms with E-state index in [0.29, 0.717) is 35.6 Å². The lowest BCUT2D eigenvalue weighted by Crippen LogP contribution is -2.44. The van der Waals surface area contributed by atoms with Crippen molar-refractivity contribution in [1.82, 2.24) is 19.0 Å². The molecule has 1 aromatic rings. The third kappa shape index (κ3) is 9.55. The lowest BCUT2D eigenvalue weighted by Gasteiger charge is -2.37. The zero-order valence-electron chi connectivity index (χ0n) is 25.3. The van der Waals surface area contributed by atoms with E-state index in [2.05, 4.69) is 16.8 Å². The number of piperidine rings is 1. The third-order valence-electron chi connectivity index (χ3n) is 7.87. The van der Waals surface area contributed by atoms with Gasteiger partial charge in [0.15, 0.2) is 0 Å². The molecule has 0 radical (unpaired) electrons. The number of aryl methyl sites for hydroxylation is 2. The first-order valence-corrected chi connectivity index (χ1v) is 15.5. The minimum atomic E-state index is -3.68. The lowest BCUT2D eigenvalue weighted by molar-refractivity contribution is -0.128. The van der Waals surface area contributed by atoms with Crippen molar-refractivity contribution in [3.63, 3.8) is 0 Å². The van der Waals surface area contributed by atoms with Gasteiger partial charge in [-0.1, -0.05) is 6.92 Å². The van der Waals surface area contributed by atoms with Crippen molar-refractivity contribution in [2.24, 2.45) is 5.92 Å². The van der Waals surface area contributed by atoms with Crippen molar-refractivity contribution in [3.8, 4) is 5.75 Å². The van der Waals surface area contributed by atoms with Gasteiger partial charge in [-0.3, -0.25) is 14.5 Å². The summed E-state index contributed by atoms with van der Waals surface area (Å²) in [5, 5.41) is 0. The summed E-state index contributed by atoms with van der Waals surface area (Å²) in [7, 11) is 3.43. The number of benzene rings is 1. The Labute approximate surface area is 236 Å². The molecule has 0 N–H and O–H groups in total. The van der Waals surface area contributed by atoms with Gasteiger partial charge in [0.05, 0.1) is 18.6 Å². The number of carbonyl (C=O) groups is 2. The average molecular weight is 567 g/mol. The van der Waals surface area contributed by atoms with E-state index in [0.717, 1.165) is 16.9 Å². The van der Waals surface area contributed by atoms with Gasteiger partial charge in [-0.25, -0.2) is 8.42 Å². The van der Waals surface area contributed by atoms with Crippen molar-refractivity contribution in [1.29, 1.82) is 0 Å². The fourth-order valence-electron chi connectivity index (χ4n) is 5.51. The molecule has 0 aromatic heterocycles. The monoisotopic (exact) mass is 566 g/mol. The van der Waals surface area contributed by atoms with Crippen LogP contribution in [0.15, 0.2) is 17.0 Å². The minimum Gasteiger partial charge on any atom is -0.497 e. The van der Waals surface area contributed by atoms with Crippen LogP contribution in [0.2, 0.25) is 0 Å². The van der Waals surface area contributed by atoms with E-state index in [4.69, 9.17) is 4.74 Å². The van der Waals surface area contributed by atoms with E-state index in [-0.39, 0.29) is 23.1 Å². The SMILES string of the molecule is CC(=O)N(C)CC1CCN(C2CCN(C)C2)CC1.CCCC(=O)CN(C)S(=O)(=O)c1c(C)cc(OC)cc1C. The second kappa shape index (κ2) is 15.1. The number of hydrogen-bond donors (Lipinski definition) is 0.